The third-order valence-corrected chi connectivity index (χ3v) is 3.49. The van der Waals surface area contributed by atoms with Gasteiger partial charge < -0.3 is 40.6 Å². The Hall–Kier alpha value is -1.14. The fraction of sp³-hybridized carbons (Fsp3) is 0.846. The predicted molar refractivity (Wildman–Crippen MR) is 78.7 cm³/mol. The van der Waals surface area contributed by atoms with E-state index in [2.05, 4.69) is 10.6 Å². The minimum absolute atomic E-state index is 0.212. The van der Waals surface area contributed by atoms with E-state index in [4.69, 9.17) is 14.9 Å². The van der Waals surface area contributed by atoms with Crippen LogP contribution in [0.1, 0.15) is 13.3 Å². The topological polar surface area (TPSA) is 164 Å². The van der Waals surface area contributed by atoms with Crippen LogP contribution in [0.2, 0.25) is 0 Å². The summed E-state index contributed by atoms with van der Waals surface area (Å²) in [5.41, 5.74) is 0.513. The van der Waals surface area contributed by atoms with E-state index in [-0.39, 0.29) is 26.2 Å². The minimum atomic E-state index is -2.12. The Bertz CT molecular complexity index is 398. The summed E-state index contributed by atoms with van der Waals surface area (Å²) < 4.78 is 9.79. The largest absolute Gasteiger partial charge is 0.447 e. The SMILES string of the molecule is CC(=N)CCNCC(NC[C@@]1(O)OC[C@@H](O)[C@H](O)C1O)OC=O. The van der Waals surface area contributed by atoms with Gasteiger partial charge in [-0.15, -0.1) is 0 Å². The number of rotatable bonds is 10. The maximum Gasteiger partial charge on any atom is 0.294 e. The Morgan fingerprint density at radius 2 is 2.22 bits per heavy atom. The number of ether oxygens (including phenoxy) is 2. The summed E-state index contributed by atoms with van der Waals surface area (Å²) in [4.78, 5) is 10.5. The van der Waals surface area contributed by atoms with E-state index < -0.39 is 30.3 Å². The molecule has 1 saturated heterocycles. The third-order valence-electron chi connectivity index (χ3n) is 3.49. The molecule has 0 spiro atoms. The van der Waals surface area contributed by atoms with E-state index in [0.29, 0.717) is 18.7 Å². The van der Waals surface area contributed by atoms with Crippen molar-refractivity contribution in [3.8, 4) is 0 Å². The summed E-state index contributed by atoms with van der Waals surface area (Å²) in [6, 6.07) is 0. The lowest BCUT2D eigenvalue weighted by molar-refractivity contribution is -0.319. The Morgan fingerprint density at radius 3 is 2.83 bits per heavy atom. The number of aliphatic hydroxyl groups is 4. The van der Waals surface area contributed by atoms with Crippen LogP contribution in [-0.4, -0.2) is 89.2 Å². The molecule has 23 heavy (non-hydrogen) atoms. The standard InChI is InChI=1S/C13H25N3O7/c1-8(14)2-3-15-4-10(22-7-17)16-6-13(21)12(20)11(19)9(18)5-23-13/h7,9-12,14-16,18-21H,2-6H2,1H3/t9-,10?,11+,12?,13-/m1/s1. The number of hydrogen-bond donors (Lipinski definition) is 7. The first-order valence-corrected chi connectivity index (χ1v) is 7.28. The molecular formula is C13H25N3O7. The Balaban J connectivity index is 2.46. The van der Waals surface area contributed by atoms with Crippen molar-refractivity contribution in [2.45, 2.75) is 43.7 Å². The summed E-state index contributed by atoms with van der Waals surface area (Å²) in [7, 11) is 0. The maximum atomic E-state index is 10.5. The van der Waals surface area contributed by atoms with Gasteiger partial charge in [0.2, 0.25) is 5.79 Å². The van der Waals surface area contributed by atoms with Crippen LogP contribution in [0.15, 0.2) is 0 Å². The molecule has 134 valence electrons. The molecule has 0 bridgehead atoms. The van der Waals surface area contributed by atoms with Gasteiger partial charge in [-0.2, -0.15) is 0 Å². The summed E-state index contributed by atoms with van der Waals surface area (Å²) in [5, 5.41) is 51.9. The monoisotopic (exact) mass is 335 g/mol. The molecule has 0 aromatic heterocycles. The van der Waals surface area contributed by atoms with Crippen LogP contribution < -0.4 is 10.6 Å². The van der Waals surface area contributed by atoms with Crippen molar-refractivity contribution in [1.82, 2.24) is 10.6 Å². The van der Waals surface area contributed by atoms with Gasteiger partial charge in [0, 0.05) is 18.8 Å². The number of carbonyl (C=O) groups excluding carboxylic acids is 1. The van der Waals surface area contributed by atoms with Crippen molar-refractivity contribution >= 4 is 12.2 Å². The molecule has 1 rings (SSSR count). The van der Waals surface area contributed by atoms with Crippen LogP contribution in [0.5, 0.6) is 0 Å². The summed E-state index contributed by atoms with van der Waals surface area (Å²) >= 11 is 0. The predicted octanol–water partition coefficient (Wildman–Crippen LogP) is -3.10. The van der Waals surface area contributed by atoms with Gasteiger partial charge in [0.05, 0.1) is 13.2 Å². The minimum Gasteiger partial charge on any atom is -0.447 e. The quantitative estimate of drug-likeness (QED) is 0.0947. The van der Waals surface area contributed by atoms with Crippen molar-refractivity contribution in [1.29, 1.82) is 5.41 Å². The fourth-order valence-electron chi connectivity index (χ4n) is 2.05. The van der Waals surface area contributed by atoms with Gasteiger partial charge >= 0.3 is 0 Å². The second-order valence-electron chi connectivity index (χ2n) is 5.49. The highest BCUT2D eigenvalue weighted by atomic mass is 16.6. The summed E-state index contributed by atoms with van der Waals surface area (Å²) in [6.07, 6.45) is -4.82. The van der Waals surface area contributed by atoms with Gasteiger partial charge in [-0.25, -0.2) is 0 Å². The van der Waals surface area contributed by atoms with Gasteiger partial charge in [-0.1, -0.05) is 0 Å². The van der Waals surface area contributed by atoms with E-state index in [9.17, 15) is 25.2 Å². The van der Waals surface area contributed by atoms with Crippen molar-refractivity contribution < 1.29 is 34.7 Å². The van der Waals surface area contributed by atoms with Crippen LogP contribution in [0.25, 0.3) is 0 Å². The van der Waals surface area contributed by atoms with Crippen LogP contribution in [-0.2, 0) is 14.3 Å². The molecule has 10 heteroatoms. The van der Waals surface area contributed by atoms with E-state index in [1.165, 1.54) is 0 Å². The molecule has 0 radical (unpaired) electrons. The molecular weight excluding hydrogens is 310 g/mol. The van der Waals surface area contributed by atoms with Crippen LogP contribution >= 0.6 is 0 Å². The fourth-order valence-corrected chi connectivity index (χ4v) is 2.05. The van der Waals surface area contributed by atoms with Crippen molar-refractivity contribution in [3.05, 3.63) is 0 Å². The summed E-state index contributed by atoms with van der Waals surface area (Å²) in [5.74, 6) is -2.12. The zero-order valence-electron chi connectivity index (χ0n) is 12.9. The average molecular weight is 335 g/mol. The number of nitrogens with one attached hydrogen (secondary N) is 3. The van der Waals surface area contributed by atoms with Gasteiger partial charge in [-0.3, -0.25) is 10.1 Å². The van der Waals surface area contributed by atoms with Crippen LogP contribution in [0.4, 0.5) is 0 Å². The molecule has 7 N–H and O–H groups in total. The van der Waals surface area contributed by atoms with E-state index in [1.807, 2.05) is 0 Å². The second-order valence-corrected chi connectivity index (χ2v) is 5.49. The van der Waals surface area contributed by atoms with Crippen LogP contribution in [0, 0.1) is 5.41 Å². The smallest absolute Gasteiger partial charge is 0.294 e. The molecule has 1 aliphatic rings. The first-order valence-electron chi connectivity index (χ1n) is 7.28. The third kappa shape index (κ3) is 6.11. The number of carbonyl (C=O) groups is 1. The average Bonchev–Trinajstić information content (AvgIpc) is 2.51. The zero-order valence-corrected chi connectivity index (χ0v) is 12.9. The van der Waals surface area contributed by atoms with Crippen LogP contribution in [0.3, 0.4) is 0 Å². The maximum absolute atomic E-state index is 10.5. The molecule has 1 heterocycles. The summed E-state index contributed by atoms with van der Waals surface area (Å²) in [6.45, 7) is 1.97. The lowest BCUT2D eigenvalue weighted by atomic mass is 9.97. The lowest BCUT2D eigenvalue weighted by Crippen LogP contribution is -2.65. The van der Waals surface area contributed by atoms with Gasteiger partial charge in [0.15, 0.2) is 6.23 Å². The number of hydrogen-bond acceptors (Lipinski definition) is 10. The molecule has 2 unspecified atom stereocenters. The highest BCUT2D eigenvalue weighted by Gasteiger charge is 2.48. The molecule has 0 aromatic rings. The molecule has 5 atom stereocenters. The number of aliphatic hydroxyl groups excluding tert-OH is 3. The molecule has 10 nitrogen and oxygen atoms in total. The highest BCUT2D eigenvalue weighted by molar-refractivity contribution is 5.78. The van der Waals surface area contributed by atoms with Gasteiger partial charge in [-0.05, 0) is 13.3 Å². The zero-order chi connectivity index (χ0) is 17.5. The Morgan fingerprint density at radius 1 is 1.52 bits per heavy atom. The molecule has 0 amide bonds. The van der Waals surface area contributed by atoms with Gasteiger partial charge in [0.25, 0.3) is 6.47 Å². The Labute approximate surface area is 133 Å². The Kier molecular flexibility index (Phi) is 7.99. The molecule has 0 aliphatic carbocycles. The van der Waals surface area contributed by atoms with E-state index in [1.54, 1.807) is 6.92 Å². The lowest BCUT2D eigenvalue weighted by Gasteiger charge is -2.42. The molecule has 0 aromatic carbocycles. The van der Waals surface area contributed by atoms with E-state index in [0.717, 1.165) is 0 Å². The van der Waals surface area contributed by atoms with Crippen molar-refractivity contribution in [3.63, 3.8) is 0 Å². The molecule has 0 saturated carbocycles. The molecule has 1 aliphatic heterocycles. The second kappa shape index (κ2) is 9.23. The first kappa shape index (κ1) is 19.9. The van der Waals surface area contributed by atoms with E-state index >= 15 is 0 Å². The van der Waals surface area contributed by atoms with Gasteiger partial charge in [0.1, 0.15) is 18.3 Å². The van der Waals surface area contributed by atoms with Crippen molar-refractivity contribution in [2.75, 3.05) is 26.2 Å². The normalized spacial score (nSPS) is 32.3. The highest BCUT2D eigenvalue weighted by Crippen LogP contribution is 2.23. The van der Waals surface area contributed by atoms with Crippen molar-refractivity contribution in [2.24, 2.45) is 0 Å². The first-order chi connectivity index (χ1) is 10.8. The molecule has 1 fully saturated rings.